The fourth-order valence-electron chi connectivity index (χ4n) is 2.49. The van der Waals surface area contributed by atoms with Crippen LogP contribution in [0.2, 0.25) is 0 Å². The predicted octanol–water partition coefficient (Wildman–Crippen LogP) is 3.01. The van der Waals surface area contributed by atoms with Crippen molar-refractivity contribution in [1.29, 1.82) is 0 Å². The molecule has 0 fully saturated rings. The van der Waals surface area contributed by atoms with Crippen molar-refractivity contribution in [2.24, 2.45) is 0 Å². The van der Waals surface area contributed by atoms with Crippen LogP contribution in [-0.4, -0.2) is 20.6 Å². The summed E-state index contributed by atoms with van der Waals surface area (Å²) in [5.74, 6) is -0.484. The van der Waals surface area contributed by atoms with Gasteiger partial charge in [0, 0.05) is 18.4 Å². The zero-order chi connectivity index (χ0) is 16.6. The molecule has 1 aliphatic rings. The number of sulfone groups is 1. The number of halogens is 1. The number of amides is 1. The fraction of sp³-hybridized carbons (Fsp3) is 0.118. The van der Waals surface area contributed by atoms with Gasteiger partial charge in [-0.1, -0.05) is 18.2 Å². The lowest BCUT2D eigenvalue weighted by Crippen LogP contribution is -2.23. The quantitative estimate of drug-likeness (QED) is 0.869. The van der Waals surface area contributed by atoms with Gasteiger partial charge in [-0.15, -0.1) is 0 Å². The lowest BCUT2D eigenvalue weighted by Gasteiger charge is -2.21. The molecule has 118 valence electrons. The highest BCUT2D eigenvalue weighted by Crippen LogP contribution is 2.32. The summed E-state index contributed by atoms with van der Waals surface area (Å²) in [6.07, 6.45) is 3.17. The van der Waals surface area contributed by atoms with Crippen molar-refractivity contribution < 1.29 is 17.6 Å². The van der Waals surface area contributed by atoms with Crippen LogP contribution in [0, 0.1) is 5.82 Å². The molecule has 0 aliphatic carbocycles. The average Bonchev–Trinajstić information content (AvgIpc) is 2.89. The molecule has 0 saturated carbocycles. The van der Waals surface area contributed by atoms with E-state index in [0.29, 0.717) is 11.4 Å². The zero-order valence-corrected chi connectivity index (χ0v) is 13.2. The normalized spacial score (nSPS) is 15.0. The maximum absolute atomic E-state index is 13.1. The molecule has 1 heterocycles. The van der Waals surface area contributed by atoms with Crippen LogP contribution in [0.4, 0.5) is 10.1 Å². The minimum atomic E-state index is -3.27. The van der Waals surface area contributed by atoms with Crippen LogP contribution >= 0.6 is 0 Å². The topological polar surface area (TPSA) is 54.5 Å². The molecule has 4 nitrogen and oxygen atoms in total. The van der Waals surface area contributed by atoms with Crippen molar-refractivity contribution in [1.82, 2.24) is 0 Å². The standard InChI is InChI=1S/C17H14FNO3S/c1-23(21,22)15-8-2-12(3-9-15)16-10-11-17(20)19(16)14-6-4-13(18)5-7-14/h2-10H,11H2,1H3. The Balaban J connectivity index is 1.98. The second-order valence-electron chi connectivity index (χ2n) is 5.30. The van der Waals surface area contributed by atoms with Crippen molar-refractivity contribution in [3.63, 3.8) is 0 Å². The molecular formula is C17H14FNO3S. The van der Waals surface area contributed by atoms with E-state index in [4.69, 9.17) is 0 Å². The first-order valence-electron chi connectivity index (χ1n) is 6.95. The number of anilines is 1. The Morgan fingerprint density at radius 1 is 1.00 bits per heavy atom. The second-order valence-corrected chi connectivity index (χ2v) is 7.31. The third-order valence-corrected chi connectivity index (χ3v) is 4.75. The summed E-state index contributed by atoms with van der Waals surface area (Å²) in [6.45, 7) is 0. The maximum atomic E-state index is 13.1. The van der Waals surface area contributed by atoms with E-state index in [9.17, 15) is 17.6 Å². The van der Waals surface area contributed by atoms with Crippen LogP contribution in [-0.2, 0) is 14.6 Å². The van der Waals surface area contributed by atoms with Crippen LogP contribution in [0.3, 0.4) is 0 Å². The van der Waals surface area contributed by atoms with Crippen molar-refractivity contribution in [3.05, 3.63) is 66.0 Å². The van der Waals surface area contributed by atoms with Crippen LogP contribution < -0.4 is 4.90 Å². The molecule has 0 N–H and O–H groups in total. The van der Waals surface area contributed by atoms with Gasteiger partial charge in [-0.3, -0.25) is 9.69 Å². The molecule has 2 aromatic carbocycles. The van der Waals surface area contributed by atoms with Crippen molar-refractivity contribution in [3.8, 4) is 0 Å². The van der Waals surface area contributed by atoms with Gasteiger partial charge in [-0.25, -0.2) is 12.8 Å². The molecule has 3 rings (SSSR count). The monoisotopic (exact) mass is 331 g/mol. The smallest absolute Gasteiger partial charge is 0.235 e. The van der Waals surface area contributed by atoms with Gasteiger partial charge in [0.25, 0.3) is 0 Å². The minimum Gasteiger partial charge on any atom is -0.281 e. The average molecular weight is 331 g/mol. The van der Waals surface area contributed by atoms with Crippen molar-refractivity contribution in [2.45, 2.75) is 11.3 Å². The second kappa shape index (κ2) is 5.62. The van der Waals surface area contributed by atoms with Crippen molar-refractivity contribution >= 4 is 27.1 Å². The first-order valence-corrected chi connectivity index (χ1v) is 8.84. The van der Waals surface area contributed by atoms with Crippen molar-refractivity contribution in [2.75, 3.05) is 11.2 Å². The Labute approximate surface area is 133 Å². The molecule has 0 bridgehead atoms. The van der Waals surface area contributed by atoms with E-state index in [1.165, 1.54) is 41.3 Å². The van der Waals surface area contributed by atoms with Gasteiger partial charge in [0.05, 0.1) is 10.6 Å². The molecule has 0 spiro atoms. The lowest BCUT2D eigenvalue weighted by molar-refractivity contribution is -0.116. The van der Waals surface area contributed by atoms with E-state index >= 15 is 0 Å². The van der Waals surface area contributed by atoms with Gasteiger partial charge < -0.3 is 0 Å². The molecular weight excluding hydrogens is 317 g/mol. The van der Waals surface area contributed by atoms with Crippen LogP contribution in [0.5, 0.6) is 0 Å². The van der Waals surface area contributed by atoms with Crippen LogP contribution in [0.15, 0.2) is 59.5 Å². The highest BCUT2D eigenvalue weighted by molar-refractivity contribution is 7.90. The Morgan fingerprint density at radius 3 is 2.17 bits per heavy atom. The number of carbonyl (C=O) groups is 1. The maximum Gasteiger partial charge on any atom is 0.235 e. The van der Waals surface area contributed by atoms with Crippen LogP contribution in [0.1, 0.15) is 12.0 Å². The summed E-state index contributed by atoms with van der Waals surface area (Å²) in [7, 11) is -3.27. The van der Waals surface area contributed by atoms with E-state index in [0.717, 1.165) is 11.8 Å². The molecule has 6 heteroatoms. The number of nitrogens with zero attached hydrogens (tertiary/aromatic N) is 1. The third kappa shape index (κ3) is 3.03. The molecule has 2 aromatic rings. The SMILES string of the molecule is CS(=O)(=O)c1ccc(C2=CCC(=O)N2c2ccc(F)cc2)cc1. The Morgan fingerprint density at radius 2 is 1.61 bits per heavy atom. The molecule has 0 unspecified atom stereocenters. The molecule has 0 atom stereocenters. The fourth-order valence-corrected chi connectivity index (χ4v) is 3.12. The predicted molar refractivity (Wildman–Crippen MR) is 86.0 cm³/mol. The highest BCUT2D eigenvalue weighted by atomic mass is 32.2. The van der Waals surface area contributed by atoms with Crippen LogP contribution in [0.25, 0.3) is 5.70 Å². The number of hydrogen-bond acceptors (Lipinski definition) is 3. The van der Waals surface area contributed by atoms with Gasteiger partial charge in [0.2, 0.25) is 5.91 Å². The number of carbonyl (C=O) groups excluding carboxylic acids is 1. The summed E-state index contributed by atoms with van der Waals surface area (Å²) in [5.41, 5.74) is 1.97. The largest absolute Gasteiger partial charge is 0.281 e. The first kappa shape index (κ1) is 15.4. The third-order valence-electron chi connectivity index (χ3n) is 3.62. The Bertz CT molecular complexity index is 884. The molecule has 1 amide bonds. The Hall–Kier alpha value is -2.47. The van der Waals surface area contributed by atoms with Gasteiger partial charge in [-0.05, 0) is 42.0 Å². The van der Waals surface area contributed by atoms with E-state index in [2.05, 4.69) is 0 Å². The molecule has 1 aliphatic heterocycles. The van der Waals surface area contributed by atoms with E-state index in [1.807, 2.05) is 0 Å². The molecule has 0 radical (unpaired) electrons. The van der Waals surface area contributed by atoms with Gasteiger partial charge in [0.1, 0.15) is 5.82 Å². The highest BCUT2D eigenvalue weighted by Gasteiger charge is 2.26. The molecule has 0 aromatic heterocycles. The molecule has 23 heavy (non-hydrogen) atoms. The minimum absolute atomic E-state index is 0.112. The van der Waals surface area contributed by atoms with E-state index < -0.39 is 9.84 Å². The number of hydrogen-bond donors (Lipinski definition) is 0. The summed E-state index contributed by atoms with van der Waals surface area (Å²) < 4.78 is 36.1. The summed E-state index contributed by atoms with van der Waals surface area (Å²) in [6, 6.07) is 12.0. The number of rotatable bonds is 3. The van der Waals surface area contributed by atoms with Gasteiger partial charge in [0.15, 0.2) is 9.84 Å². The lowest BCUT2D eigenvalue weighted by atomic mass is 10.1. The first-order chi connectivity index (χ1) is 10.9. The molecule has 0 saturated heterocycles. The Kier molecular flexibility index (Phi) is 3.77. The van der Waals surface area contributed by atoms with E-state index in [-0.39, 0.29) is 23.0 Å². The van der Waals surface area contributed by atoms with E-state index in [1.54, 1.807) is 18.2 Å². The zero-order valence-electron chi connectivity index (χ0n) is 12.4. The number of benzene rings is 2. The summed E-state index contributed by atoms with van der Waals surface area (Å²) in [4.78, 5) is 13.9. The van der Waals surface area contributed by atoms with Gasteiger partial charge in [-0.2, -0.15) is 0 Å². The van der Waals surface area contributed by atoms with Gasteiger partial charge >= 0.3 is 0 Å². The summed E-state index contributed by atoms with van der Waals surface area (Å²) >= 11 is 0. The summed E-state index contributed by atoms with van der Waals surface area (Å²) in [5, 5.41) is 0.